The molecule has 0 unspecified atom stereocenters. The van der Waals surface area contributed by atoms with Crippen LogP contribution in [0.4, 0.5) is 0 Å². The molecular formula is C17H25NO3. The number of hydrogen-bond donors (Lipinski definition) is 2. The molecule has 0 aliphatic rings. The van der Waals surface area contributed by atoms with Crippen LogP contribution >= 0.6 is 0 Å². The Morgan fingerprint density at radius 2 is 1.62 bits per heavy atom. The second kappa shape index (κ2) is 6.29. The van der Waals surface area contributed by atoms with Crippen LogP contribution in [0, 0.1) is 5.41 Å². The Labute approximate surface area is 126 Å². The van der Waals surface area contributed by atoms with Crippen molar-refractivity contribution in [3.63, 3.8) is 0 Å². The highest BCUT2D eigenvalue weighted by Gasteiger charge is 2.30. The van der Waals surface area contributed by atoms with Gasteiger partial charge in [0.05, 0.1) is 11.1 Å². The van der Waals surface area contributed by atoms with Crippen LogP contribution in [0.15, 0.2) is 24.3 Å². The van der Waals surface area contributed by atoms with Crippen molar-refractivity contribution in [2.24, 2.45) is 5.41 Å². The van der Waals surface area contributed by atoms with E-state index < -0.39 is 11.5 Å². The maximum absolute atomic E-state index is 12.4. The van der Waals surface area contributed by atoms with Gasteiger partial charge in [0.1, 0.15) is 0 Å². The van der Waals surface area contributed by atoms with Crippen molar-refractivity contribution in [3.8, 4) is 0 Å². The van der Waals surface area contributed by atoms with Crippen molar-refractivity contribution < 1.29 is 14.7 Å². The predicted molar refractivity (Wildman–Crippen MR) is 83.6 cm³/mol. The van der Waals surface area contributed by atoms with Crippen molar-refractivity contribution >= 4 is 11.9 Å². The van der Waals surface area contributed by atoms with E-state index in [9.17, 15) is 9.59 Å². The van der Waals surface area contributed by atoms with Crippen molar-refractivity contribution in [2.75, 3.05) is 0 Å². The van der Waals surface area contributed by atoms with Crippen LogP contribution in [0.1, 0.15) is 68.2 Å². The maximum atomic E-state index is 12.4. The third-order valence-electron chi connectivity index (χ3n) is 3.73. The third-order valence-corrected chi connectivity index (χ3v) is 3.73. The lowest BCUT2D eigenvalue weighted by Crippen LogP contribution is -2.46. The molecule has 0 aromatic heterocycles. The fourth-order valence-electron chi connectivity index (χ4n) is 2.61. The Kier molecular flexibility index (Phi) is 5.15. The minimum atomic E-state index is -1.09. The summed E-state index contributed by atoms with van der Waals surface area (Å²) in [5, 5.41) is 12.1. The molecular weight excluding hydrogens is 266 g/mol. The summed E-state index contributed by atoms with van der Waals surface area (Å²) in [5.74, 6) is -1.43. The molecule has 4 nitrogen and oxygen atoms in total. The smallest absolute Gasteiger partial charge is 0.336 e. The predicted octanol–water partition coefficient (Wildman–Crippen LogP) is 3.72. The van der Waals surface area contributed by atoms with E-state index in [1.54, 1.807) is 18.2 Å². The lowest BCUT2D eigenvalue weighted by Gasteiger charge is -2.35. The highest BCUT2D eigenvalue weighted by Crippen LogP contribution is 2.31. The average Bonchev–Trinajstić information content (AvgIpc) is 2.36. The van der Waals surface area contributed by atoms with Gasteiger partial charge in [-0.2, -0.15) is 0 Å². The van der Waals surface area contributed by atoms with E-state index in [4.69, 9.17) is 5.11 Å². The van der Waals surface area contributed by atoms with E-state index in [2.05, 4.69) is 26.1 Å². The van der Waals surface area contributed by atoms with Gasteiger partial charge in [0.25, 0.3) is 5.91 Å². The standard InChI is InChI=1S/C17H25NO3/c1-6-16(2,3)11-17(4,5)18-14(19)12-9-7-8-10-13(12)15(20)21/h7-10H,6,11H2,1-5H3,(H,18,19)(H,20,21). The number of amides is 1. The first kappa shape index (κ1) is 17.2. The van der Waals surface area contributed by atoms with Gasteiger partial charge in [-0.15, -0.1) is 0 Å². The molecule has 0 bridgehead atoms. The summed E-state index contributed by atoms with van der Waals surface area (Å²) in [6.45, 7) is 10.4. The number of nitrogens with one attached hydrogen (secondary N) is 1. The van der Waals surface area contributed by atoms with Crippen LogP contribution in [-0.2, 0) is 0 Å². The molecule has 1 rings (SSSR count). The Balaban J connectivity index is 2.93. The second-order valence-corrected chi connectivity index (χ2v) is 6.88. The van der Waals surface area contributed by atoms with Crippen molar-refractivity contribution in [2.45, 2.75) is 53.0 Å². The highest BCUT2D eigenvalue weighted by molar-refractivity contribution is 6.04. The first-order chi connectivity index (χ1) is 9.58. The molecule has 0 aliphatic heterocycles. The molecule has 0 saturated carbocycles. The molecule has 0 aliphatic carbocycles. The lowest BCUT2D eigenvalue weighted by molar-refractivity contribution is 0.0688. The van der Waals surface area contributed by atoms with E-state index in [0.29, 0.717) is 0 Å². The topological polar surface area (TPSA) is 66.4 Å². The molecule has 1 aromatic rings. The van der Waals surface area contributed by atoms with E-state index >= 15 is 0 Å². The second-order valence-electron chi connectivity index (χ2n) is 6.88. The molecule has 1 aromatic carbocycles. The van der Waals surface area contributed by atoms with Crippen molar-refractivity contribution in [1.29, 1.82) is 0 Å². The van der Waals surface area contributed by atoms with Gasteiger partial charge >= 0.3 is 5.97 Å². The number of rotatable bonds is 6. The average molecular weight is 291 g/mol. The van der Waals surface area contributed by atoms with E-state index in [-0.39, 0.29) is 22.4 Å². The first-order valence-corrected chi connectivity index (χ1v) is 7.23. The molecule has 0 fully saturated rings. The molecule has 0 saturated heterocycles. The van der Waals surface area contributed by atoms with Crippen LogP contribution in [-0.4, -0.2) is 22.5 Å². The number of aromatic carboxylic acids is 1. The van der Waals surface area contributed by atoms with Gasteiger partial charge < -0.3 is 10.4 Å². The van der Waals surface area contributed by atoms with Crippen molar-refractivity contribution in [1.82, 2.24) is 5.32 Å². The van der Waals surface area contributed by atoms with Crippen LogP contribution in [0.5, 0.6) is 0 Å². The summed E-state index contributed by atoms with van der Waals surface area (Å²) in [5.41, 5.74) is -0.0568. The van der Waals surface area contributed by atoms with Gasteiger partial charge in [0, 0.05) is 5.54 Å². The monoisotopic (exact) mass is 291 g/mol. The SMILES string of the molecule is CCC(C)(C)CC(C)(C)NC(=O)c1ccccc1C(=O)O. The van der Waals surface area contributed by atoms with Gasteiger partial charge in [-0.05, 0) is 37.8 Å². The molecule has 21 heavy (non-hydrogen) atoms. The van der Waals surface area contributed by atoms with Crippen LogP contribution in [0.3, 0.4) is 0 Å². The van der Waals surface area contributed by atoms with Gasteiger partial charge in [-0.3, -0.25) is 4.79 Å². The number of benzene rings is 1. The number of hydrogen-bond acceptors (Lipinski definition) is 2. The zero-order valence-electron chi connectivity index (χ0n) is 13.5. The normalized spacial score (nSPS) is 12.0. The summed E-state index contributed by atoms with van der Waals surface area (Å²) in [6, 6.07) is 6.27. The third kappa shape index (κ3) is 4.88. The first-order valence-electron chi connectivity index (χ1n) is 7.23. The van der Waals surface area contributed by atoms with Crippen LogP contribution in [0.2, 0.25) is 0 Å². The van der Waals surface area contributed by atoms with Crippen molar-refractivity contribution in [3.05, 3.63) is 35.4 Å². The largest absolute Gasteiger partial charge is 0.478 e. The quantitative estimate of drug-likeness (QED) is 0.839. The lowest BCUT2D eigenvalue weighted by atomic mass is 9.78. The van der Waals surface area contributed by atoms with Gasteiger partial charge in [0.15, 0.2) is 0 Å². The molecule has 2 N–H and O–H groups in total. The summed E-state index contributed by atoms with van der Waals surface area (Å²) in [4.78, 5) is 23.6. The van der Waals surface area contributed by atoms with Gasteiger partial charge in [-0.25, -0.2) is 4.79 Å². The van der Waals surface area contributed by atoms with Gasteiger partial charge in [0.2, 0.25) is 0 Å². The Bertz CT molecular complexity index is 533. The fourth-order valence-corrected chi connectivity index (χ4v) is 2.61. The molecule has 0 heterocycles. The Morgan fingerprint density at radius 1 is 1.10 bits per heavy atom. The number of carbonyl (C=O) groups excluding carboxylic acids is 1. The summed E-state index contributed by atoms with van der Waals surface area (Å²) >= 11 is 0. The summed E-state index contributed by atoms with van der Waals surface area (Å²) < 4.78 is 0. The minimum absolute atomic E-state index is 0.0283. The summed E-state index contributed by atoms with van der Waals surface area (Å²) in [7, 11) is 0. The molecule has 1 amide bonds. The molecule has 116 valence electrons. The highest BCUT2D eigenvalue weighted by atomic mass is 16.4. The van der Waals surface area contributed by atoms with Crippen LogP contribution in [0.25, 0.3) is 0 Å². The van der Waals surface area contributed by atoms with E-state index in [1.165, 1.54) is 6.07 Å². The molecule has 0 atom stereocenters. The maximum Gasteiger partial charge on any atom is 0.336 e. The number of carboxylic acids is 1. The molecule has 0 spiro atoms. The number of carbonyl (C=O) groups is 2. The zero-order chi connectivity index (χ0) is 16.3. The molecule has 0 radical (unpaired) electrons. The zero-order valence-corrected chi connectivity index (χ0v) is 13.5. The number of carboxylic acid groups (broad SMARTS) is 1. The van der Waals surface area contributed by atoms with Crippen LogP contribution < -0.4 is 5.32 Å². The van der Waals surface area contributed by atoms with E-state index in [1.807, 2.05) is 13.8 Å². The molecule has 4 heteroatoms. The summed E-state index contributed by atoms with van der Waals surface area (Å²) in [6.07, 6.45) is 1.83. The fraction of sp³-hybridized carbons (Fsp3) is 0.529. The Hall–Kier alpha value is -1.84. The van der Waals surface area contributed by atoms with Gasteiger partial charge in [-0.1, -0.05) is 39.3 Å². The minimum Gasteiger partial charge on any atom is -0.478 e. The van der Waals surface area contributed by atoms with E-state index in [0.717, 1.165) is 12.8 Å². The Morgan fingerprint density at radius 3 is 2.10 bits per heavy atom.